The molecule has 2 rings (SSSR count). The predicted octanol–water partition coefficient (Wildman–Crippen LogP) is 2.46. The molecule has 1 aromatic carbocycles. The fraction of sp³-hybridized carbons (Fsp3) is 0.133. The normalized spacial score (nSPS) is 11.1. The molecule has 0 saturated heterocycles. The number of nitrogens with zero attached hydrogens (tertiary/aromatic N) is 1. The Bertz CT molecular complexity index is 604. The van der Waals surface area contributed by atoms with Crippen LogP contribution in [0.2, 0.25) is 0 Å². The zero-order valence-corrected chi connectivity index (χ0v) is 10.5. The van der Waals surface area contributed by atoms with Crippen molar-refractivity contribution >= 4 is 12.2 Å². The SMILES string of the molecule is Cc1ncc(/C=C/c2ccc(O)cc2)c(CO)c1O. The van der Waals surface area contributed by atoms with Crippen molar-refractivity contribution in [3.63, 3.8) is 0 Å². The monoisotopic (exact) mass is 257 g/mol. The standard InChI is InChI=1S/C15H15NO3/c1-10-15(19)14(9-17)12(8-16-10)5-2-11-3-6-13(18)7-4-11/h2-8,17-19H,9H2,1H3/b5-2+. The first kappa shape index (κ1) is 13.1. The Kier molecular flexibility index (Phi) is 3.82. The van der Waals surface area contributed by atoms with Gasteiger partial charge in [0, 0.05) is 17.3 Å². The first-order valence-corrected chi connectivity index (χ1v) is 5.87. The van der Waals surface area contributed by atoms with Gasteiger partial charge in [0.15, 0.2) is 0 Å². The minimum Gasteiger partial charge on any atom is -0.508 e. The number of aliphatic hydroxyl groups excluding tert-OH is 1. The molecule has 1 aromatic heterocycles. The van der Waals surface area contributed by atoms with Crippen molar-refractivity contribution in [3.8, 4) is 11.5 Å². The molecule has 0 amide bonds. The van der Waals surface area contributed by atoms with Crippen molar-refractivity contribution in [1.82, 2.24) is 4.98 Å². The van der Waals surface area contributed by atoms with Gasteiger partial charge in [-0.25, -0.2) is 0 Å². The van der Waals surface area contributed by atoms with Crippen molar-refractivity contribution in [2.75, 3.05) is 0 Å². The number of pyridine rings is 1. The quantitative estimate of drug-likeness (QED) is 0.789. The van der Waals surface area contributed by atoms with Gasteiger partial charge in [0.05, 0.1) is 12.3 Å². The average molecular weight is 257 g/mol. The summed E-state index contributed by atoms with van der Waals surface area (Å²) in [4.78, 5) is 4.06. The summed E-state index contributed by atoms with van der Waals surface area (Å²) < 4.78 is 0. The van der Waals surface area contributed by atoms with Gasteiger partial charge in [-0.2, -0.15) is 0 Å². The molecule has 0 fully saturated rings. The number of hydrogen-bond acceptors (Lipinski definition) is 4. The first-order valence-electron chi connectivity index (χ1n) is 5.87. The number of aliphatic hydroxyl groups is 1. The molecule has 0 atom stereocenters. The minimum absolute atomic E-state index is 0.0235. The molecule has 0 aliphatic carbocycles. The Hall–Kier alpha value is -2.33. The van der Waals surface area contributed by atoms with E-state index in [4.69, 9.17) is 0 Å². The lowest BCUT2D eigenvalue weighted by Gasteiger charge is -2.07. The third-order valence-electron chi connectivity index (χ3n) is 2.88. The molecule has 0 unspecified atom stereocenters. The molecule has 0 radical (unpaired) electrons. The highest BCUT2D eigenvalue weighted by Crippen LogP contribution is 2.25. The molecule has 98 valence electrons. The number of aryl methyl sites for hydroxylation is 1. The molecule has 0 spiro atoms. The van der Waals surface area contributed by atoms with Crippen LogP contribution in [0.3, 0.4) is 0 Å². The fourth-order valence-corrected chi connectivity index (χ4v) is 1.74. The van der Waals surface area contributed by atoms with Crippen LogP contribution in [0, 0.1) is 6.92 Å². The van der Waals surface area contributed by atoms with Crippen LogP contribution in [0.25, 0.3) is 12.2 Å². The molecule has 4 heteroatoms. The van der Waals surface area contributed by atoms with Crippen LogP contribution < -0.4 is 0 Å². The van der Waals surface area contributed by atoms with Crippen LogP contribution in [0.1, 0.15) is 22.4 Å². The molecular weight excluding hydrogens is 242 g/mol. The number of rotatable bonds is 3. The maximum Gasteiger partial charge on any atom is 0.142 e. The van der Waals surface area contributed by atoms with Crippen LogP contribution in [-0.4, -0.2) is 20.3 Å². The van der Waals surface area contributed by atoms with E-state index in [1.165, 1.54) is 0 Å². The molecule has 2 aromatic rings. The number of aromatic hydroxyl groups is 2. The maximum absolute atomic E-state index is 9.82. The summed E-state index contributed by atoms with van der Waals surface area (Å²) >= 11 is 0. The van der Waals surface area contributed by atoms with Gasteiger partial charge in [0.25, 0.3) is 0 Å². The zero-order chi connectivity index (χ0) is 13.8. The molecule has 0 aliphatic rings. The van der Waals surface area contributed by atoms with Crippen LogP contribution in [0.4, 0.5) is 0 Å². The summed E-state index contributed by atoms with van der Waals surface area (Å²) in [7, 11) is 0. The first-order chi connectivity index (χ1) is 9.11. The smallest absolute Gasteiger partial charge is 0.142 e. The van der Waals surface area contributed by atoms with E-state index < -0.39 is 0 Å². The highest BCUT2D eigenvalue weighted by molar-refractivity contribution is 5.72. The predicted molar refractivity (Wildman–Crippen MR) is 73.6 cm³/mol. The molecule has 3 N–H and O–H groups in total. The van der Waals surface area contributed by atoms with Crippen molar-refractivity contribution in [1.29, 1.82) is 0 Å². The third-order valence-corrected chi connectivity index (χ3v) is 2.88. The van der Waals surface area contributed by atoms with Crippen molar-refractivity contribution in [2.24, 2.45) is 0 Å². The van der Waals surface area contributed by atoms with Gasteiger partial charge in [0.1, 0.15) is 11.5 Å². The average Bonchev–Trinajstić information content (AvgIpc) is 2.42. The summed E-state index contributed by atoms with van der Waals surface area (Å²) in [6, 6.07) is 6.73. The van der Waals surface area contributed by atoms with E-state index in [1.807, 2.05) is 6.08 Å². The Morgan fingerprint density at radius 3 is 2.42 bits per heavy atom. The second-order valence-electron chi connectivity index (χ2n) is 4.21. The lowest BCUT2D eigenvalue weighted by molar-refractivity contribution is 0.274. The topological polar surface area (TPSA) is 73.6 Å². The summed E-state index contributed by atoms with van der Waals surface area (Å²) in [5.74, 6) is 0.234. The van der Waals surface area contributed by atoms with Crippen LogP contribution >= 0.6 is 0 Å². The van der Waals surface area contributed by atoms with E-state index in [-0.39, 0.29) is 18.1 Å². The molecule has 4 nitrogen and oxygen atoms in total. The van der Waals surface area contributed by atoms with Gasteiger partial charge in [-0.3, -0.25) is 4.98 Å². The van der Waals surface area contributed by atoms with E-state index in [1.54, 1.807) is 43.5 Å². The Morgan fingerprint density at radius 2 is 1.79 bits per heavy atom. The van der Waals surface area contributed by atoms with Gasteiger partial charge >= 0.3 is 0 Å². The van der Waals surface area contributed by atoms with Gasteiger partial charge in [0.2, 0.25) is 0 Å². The lowest BCUT2D eigenvalue weighted by atomic mass is 10.1. The molecule has 19 heavy (non-hydrogen) atoms. The summed E-state index contributed by atoms with van der Waals surface area (Å²) in [6.07, 6.45) is 5.20. The second kappa shape index (κ2) is 5.54. The van der Waals surface area contributed by atoms with Gasteiger partial charge in [-0.15, -0.1) is 0 Å². The second-order valence-corrected chi connectivity index (χ2v) is 4.21. The number of benzene rings is 1. The number of hydrogen-bond donors (Lipinski definition) is 3. The van der Waals surface area contributed by atoms with E-state index >= 15 is 0 Å². The number of phenolic OH excluding ortho intramolecular Hbond substituents is 1. The highest BCUT2D eigenvalue weighted by Gasteiger charge is 2.08. The molecule has 0 bridgehead atoms. The molecule has 1 heterocycles. The lowest BCUT2D eigenvalue weighted by Crippen LogP contribution is -1.94. The summed E-state index contributed by atoms with van der Waals surface area (Å²) in [6.45, 7) is 1.44. The largest absolute Gasteiger partial charge is 0.508 e. The minimum atomic E-state index is -0.246. The van der Waals surface area contributed by atoms with E-state index in [0.717, 1.165) is 5.56 Å². The maximum atomic E-state index is 9.82. The van der Waals surface area contributed by atoms with E-state index in [9.17, 15) is 15.3 Å². The van der Waals surface area contributed by atoms with Crippen molar-refractivity contribution in [2.45, 2.75) is 13.5 Å². The highest BCUT2D eigenvalue weighted by atomic mass is 16.3. The number of aromatic nitrogens is 1. The van der Waals surface area contributed by atoms with E-state index in [2.05, 4.69) is 4.98 Å². The zero-order valence-electron chi connectivity index (χ0n) is 10.5. The Balaban J connectivity index is 2.33. The van der Waals surface area contributed by atoms with Crippen molar-refractivity contribution in [3.05, 3.63) is 52.8 Å². The summed E-state index contributed by atoms with van der Waals surface area (Å²) in [5, 5.41) is 28.3. The van der Waals surface area contributed by atoms with Gasteiger partial charge in [-0.1, -0.05) is 24.3 Å². The molecular formula is C15H15NO3. The fourth-order valence-electron chi connectivity index (χ4n) is 1.74. The molecule has 0 aliphatic heterocycles. The van der Waals surface area contributed by atoms with Gasteiger partial charge < -0.3 is 15.3 Å². The van der Waals surface area contributed by atoms with Gasteiger partial charge in [-0.05, 0) is 24.6 Å². The molecule has 0 saturated carbocycles. The Morgan fingerprint density at radius 1 is 1.11 bits per heavy atom. The van der Waals surface area contributed by atoms with Crippen LogP contribution in [0.15, 0.2) is 30.5 Å². The number of phenols is 1. The van der Waals surface area contributed by atoms with Crippen LogP contribution in [0.5, 0.6) is 11.5 Å². The third kappa shape index (κ3) is 2.92. The van der Waals surface area contributed by atoms with Crippen LogP contribution in [-0.2, 0) is 6.61 Å². The van der Waals surface area contributed by atoms with Crippen molar-refractivity contribution < 1.29 is 15.3 Å². The van der Waals surface area contributed by atoms with E-state index in [0.29, 0.717) is 16.8 Å². The Labute approximate surface area is 111 Å². The summed E-state index contributed by atoms with van der Waals surface area (Å²) in [5.41, 5.74) is 2.52.